The number of benzene rings is 2. The molecule has 1 heterocycles. The zero-order valence-corrected chi connectivity index (χ0v) is 17.2. The fourth-order valence-electron chi connectivity index (χ4n) is 3.59. The van der Waals surface area contributed by atoms with E-state index in [2.05, 4.69) is 16.3 Å². The highest BCUT2D eigenvalue weighted by atomic mass is 19.3. The number of likely N-dealkylation sites (N-methyl/N-ethyl adjacent to an activating group) is 1. The molecule has 0 saturated heterocycles. The zero-order chi connectivity index (χ0) is 22.8. The number of hydrogen-bond donors (Lipinski definition) is 1. The smallest absolute Gasteiger partial charge is 0.387 e. The monoisotopic (exact) mass is 433 g/mol. The third-order valence-electron chi connectivity index (χ3n) is 5.24. The molecule has 0 spiro atoms. The van der Waals surface area contributed by atoms with E-state index < -0.39 is 24.6 Å². The van der Waals surface area contributed by atoms with E-state index in [0.717, 1.165) is 0 Å². The van der Waals surface area contributed by atoms with Gasteiger partial charge in [-0.1, -0.05) is 30.9 Å². The average Bonchev–Trinajstić information content (AvgIpc) is 2.95. The van der Waals surface area contributed by atoms with Gasteiger partial charge in [0.2, 0.25) is 0 Å². The fraction of sp³-hybridized carbons (Fsp3) is 0.261. The summed E-state index contributed by atoms with van der Waals surface area (Å²) in [5.41, 5.74) is 7.31. The van der Waals surface area contributed by atoms with Crippen molar-refractivity contribution < 1.29 is 22.3 Å². The lowest BCUT2D eigenvalue weighted by atomic mass is 9.80. The fourth-order valence-corrected chi connectivity index (χ4v) is 3.59. The van der Waals surface area contributed by atoms with Crippen LogP contribution in [-0.4, -0.2) is 31.2 Å². The summed E-state index contributed by atoms with van der Waals surface area (Å²) in [6.45, 7) is 2.28. The number of aliphatic imine (C=N–C) groups is 1. The molecule has 4 nitrogen and oxygen atoms in total. The molecule has 0 bridgehead atoms. The van der Waals surface area contributed by atoms with Crippen molar-refractivity contribution >= 4 is 12.0 Å². The van der Waals surface area contributed by atoms with Gasteiger partial charge in [0.25, 0.3) is 0 Å². The zero-order valence-electron chi connectivity index (χ0n) is 17.2. The number of allylic oxidation sites excluding steroid dienone is 1. The summed E-state index contributed by atoms with van der Waals surface area (Å²) in [6.07, 6.45) is 3.22. The number of alkyl halides is 3. The Labute approximate surface area is 178 Å². The number of aryl methyl sites for hydroxylation is 1. The Balaban J connectivity index is 2.19. The number of ether oxygens (including phenoxy) is 1. The van der Waals surface area contributed by atoms with Crippen molar-refractivity contribution in [3.63, 3.8) is 0 Å². The van der Waals surface area contributed by atoms with Crippen molar-refractivity contribution in [2.75, 3.05) is 13.7 Å². The maximum atomic E-state index is 14.4. The van der Waals surface area contributed by atoms with Gasteiger partial charge in [-0.3, -0.25) is 4.39 Å². The van der Waals surface area contributed by atoms with Crippen LogP contribution >= 0.6 is 0 Å². The number of rotatable bonds is 7. The molecule has 1 aliphatic heterocycles. The first kappa shape index (κ1) is 22.4. The highest BCUT2D eigenvalue weighted by Gasteiger charge is 2.45. The molecule has 0 aromatic heterocycles. The molecule has 8 heteroatoms. The molecule has 0 radical (unpaired) electrons. The summed E-state index contributed by atoms with van der Waals surface area (Å²) in [4.78, 5) is 6.26. The van der Waals surface area contributed by atoms with E-state index in [9.17, 15) is 17.6 Å². The molecule has 2 N–H and O–H groups in total. The minimum atomic E-state index is -2.95. The van der Waals surface area contributed by atoms with E-state index in [-0.39, 0.29) is 23.7 Å². The Bertz CT molecular complexity index is 1050. The summed E-state index contributed by atoms with van der Waals surface area (Å²) >= 11 is 0. The number of nitrogens with zero attached hydrogens (tertiary/aromatic N) is 2. The largest absolute Gasteiger partial charge is 0.435 e. The quantitative estimate of drug-likeness (QED) is 0.617. The molecule has 164 valence electrons. The first-order chi connectivity index (χ1) is 14.7. The summed E-state index contributed by atoms with van der Waals surface area (Å²) in [5, 5.41) is 0. The minimum absolute atomic E-state index is 0.0387. The molecule has 0 fully saturated rings. The van der Waals surface area contributed by atoms with Crippen LogP contribution in [0.3, 0.4) is 0 Å². The Kier molecular flexibility index (Phi) is 6.38. The van der Waals surface area contributed by atoms with Crippen LogP contribution in [0.15, 0.2) is 59.7 Å². The predicted molar refractivity (Wildman–Crippen MR) is 113 cm³/mol. The summed E-state index contributed by atoms with van der Waals surface area (Å²) in [7, 11) is 1.70. The molecule has 0 saturated carbocycles. The van der Waals surface area contributed by atoms with Crippen molar-refractivity contribution in [1.82, 2.24) is 4.90 Å². The lowest BCUT2D eigenvalue weighted by Gasteiger charge is -2.31. The minimum Gasteiger partial charge on any atom is -0.435 e. The van der Waals surface area contributed by atoms with Gasteiger partial charge in [-0.05, 0) is 54.3 Å². The summed E-state index contributed by atoms with van der Waals surface area (Å²) in [6, 6.07) is 9.17. The molecule has 1 unspecified atom stereocenters. The SMILES string of the molecule is C=C1N(C)C(N)=NC1(c1ccc(OC(F)F)c(C)c1)c1ccc(F)c(/C=C/CCF)c1. The number of guanidine groups is 1. The van der Waals surface area contributed by atoms with Crippen molar-refractivity contribution in [3.8, 4) is 5.75 Å². The maximum Gasteiger partial charge on any atom is 0.387 e. The van der Waals surface area contributed by atoms with Crippen LogP contribution in [0.2, 0.25) is 0 Å². The molecule has 31 heavy (non-hydrogen) atoms. The van der Waals surface area contributed by atoms with E-state index in [1.54, 1.807) is 49.2 Å². The molecule has 0 amide bonds. The topological polar surface area (TPSA) is 50.8 Å². The molecule has 2 aromatic carbocycles. The standard InChI is InChI=1S/C23H23F4N3O/c1-14-12-17(8-10-20(14)31-21(26)27)23(15(2)30(3)22(28)29-23)18-7-9-19(25)16(13-18)6-4-5-11-24/h4,6-10,12-13,21H,2,5,11H2,1,3H3,(H2,28,29)/b6-4+. The lowest BCUT2D eigenvalue weighted by Crippen LogP contribution is -2.32. The van der Waals surface area contributed by atoms with E-state index in [4.69, 9.17) is 5.73 Å². The van der Waals surface area contributed by atoms with Gasteiger partial charge in [-0.15, -0.1) is 0 Å². The third kappa shape index (κ3) is 4.15. The van der Waals surface area contributed by atoms with Crippen molar-refractivity contribution in [3.05, 3.63) is 82.8 Å². The van der Waals surface area contributed by atoms with Gasteiger partial charge < -0.3 is 15.4 Å². The second-order valence-corrected chi connectivity index (χ2v) is 7.16. The molecular weight excluding hydrogens is 410 g/mol. The van der Waals surface area contributed by atoms with Crippen LogP contribution < -0.4 is 10.5 Å². The molecule has 3 rings (SSSR count). The van der Waals surface area contributed by atoms with E-state index in [1.807, 2.05) is 0 Å². The van der Waals surface area contributed by atoms with E-state index in [1.165, 1.54) is 18.2 Å². The van der Waals surface area contributed by atoms with Crippen molar-refractivity contribution in [2.45, 2.75) is 25.5 Å². The van der Waals surface area contributed by atoms with Gasteiger partial charge in [-0.2, -0.15) is 8.78 Å². The van der Waals surface area contributed by atoms with E-state index in [0.29, 0.717) is 22.4 Å². The van der Waals surface area contributed by atoms with Gasteiger partial charge in [0.1, 0.15) is 11.6 Å². The van der Waals surface area contributed by atoms with E-state index >= 15 is 0 Å². The van der Waals surface area contributed by atoms with Crippen LogP contribution in [0.1, 0.15) is 28.7 Å². The van der Waals surface area contributed by atoms with Gasteiger partial charge in [0, 0.05) is 12.6 Å². The average molecular weight is 433 g/mol. The van der Waals surface area contributed by atoms with Gasteiger partial charge in [-0.25, -0.2) is 9.38 Å². The van der Waals surface area contributed by atoms with Crippen LogP contribution in [-0.2, 0) is 5.54 Å². The molecular formula is C23H23F4N3O. The second kappa shape index (κ2) is 8.83. The molecule has 0 aliphatic carbocycles. The van der Waals surface area contributed by atoms with Crippen LogP contribution in [0.25, 0.3) is 6.08 Å². The van der Waals surface area contributed by atoms with Crippen molar-refractivity contribution in [1.29, 1.82) is 0 Å². The first-order valence-electron chi connectivity index (χ1n) is 9.57. The van der Waals surface area contributed by atoms with Crippen LogP contribution in [0, 0.1) is 12.7 Å². The van der Waals surface area contributed by atoms with Gasteiger partial charge >= 0.3 is 6.61 Å². The lowest BCUT2D eigenvalue weighted by molar-refractivity contribution is -0.0503. The molecule has 1 atom stereocenters. The highest BCUT2D eigenvalue weighted by Crippen LogP contribution is 2.46. The second-order valence-electron chi connectivity index (χ2n) is 7.16. The van der Waals surface area contributed by atoms with Gasteiger partial charge in [0.15, 0.2) is 11.5 Å². The molecule has 2 aromatic rings. The third-order valence-corrected chi connectivity index (χ3v) is 5.24. The maximum absolute atomic E-state index is 14.4. The Hall–Kier alpha value is -3.29. The summed E-state index contributed by atoms with van der Waals surface area (Å²) < 4.78 is 56.7. The predicted octanol–water partition coefficient (Wildman–Crippen LogP) is 5.13. The van der Waals surface area contributed by atoms with Crippen molar-refractivity contribution in [2.24, 2.45) is 10.7 Å². The first-order valence-corrected chi connectivity index (χ1v) is 9.57. The normalized spacial score (nSPS) is 18.9. The van der Waals surface area contributed by atoms with Gasteiger partial charge in [0.05, 0.1) is 12.4 Å². The number of nitrogens with two attached hydrogens (primary N) is 1. The molecule has 1 aliphatic rings. The highest BCUT2D eigenvalue weighted by molar-refractivity contribution is 5.85. The van der Waals surface area contributed by atoms with Crippen LogP contribution in [0.4, 0.5) is 17.6 Å². The number of halogens is 4. The van der Waals surface area contributed by atoms with Crippen LogP contribution in [0.5, 0.6) is 5.75 Å². The summed E-state index contributed by atoms with van der Waals surface area (Å²) in [5.74, 6) is -0.231. The Morgan fingerprint density at radius 3 is 2.48 bits per heavy atom. The Morgan fingerprint density at radius 2 is 1.90 bits per heavy atom. The Morgan fingerprint density at radius 1 is 1.23 bits per heavy atom. The number of hydrogen-bond acceptors (Lipinski definition) is 4.